The van der Waals surface area contributed by atoms with Crippen molar-refractivity contribution in [3.63, 3.8) is 0 Å². The van der Waals surface area contributed by atoms with Crippen molar-refractivity contribution >= 4 is 0 Å². The van der Waals surface area contributed by atoms with E-state index in [9.17, 15) is 0 Å². The molecule has 130 valence electrons. The van der Waals surface area contributed by atoms with Crippen LogP contribution < -0.4 is 5.32 Å². The zero-order valence-electron chi connectivity index (χ0n) is 14.2. The molecule has 1 aromatic carbocycles. The summed E-state index contributed by atoms with van der Waals surface area (Å²) in [6, 6.07) is 12.0. The number of imidazole rings is 1. The molecule has 1 aliphatic heterocycles. The number of nitrogens with one attached hydrogen (secondary N) is 1. The Hall–Kier alpha value is -3.19. The summed E-state index contributed by atoms with van der Waals surface area (Å²) in [5.41, 5.74) is 3.90. The fourth-order valence-corrected chi connectivity index (χ4v) is 3.24. The third-order valence-electron chi connectivity index (χ3n) is 4.52. The predicted octanol–water partition coefficient (Wildman–Crippen LogP) is 2.55. The van der Waals surface area contributed by atoms with Crippen molar-refractivity contribution in [1.82, 2.24) is 29.6 Å². The van der Waals surface area contributed by atoms with Crippen molar-refractivity contribution in [3.8, 4) is 23.0 Å². The second kappa shape index (κ2) is 6.27. The molecule has 0 spiro atoms. The lowest BCUT2D eigenvalue weighted by atomic mass is 10.2. The highest BCUT2D eigenvalue weighted by molar-refractivity contribution is 5.53. The average molecular weight is 346 g/mol. The minimum Gasteiger partial charge on any atom is -0.444 e. The average Bonchev–Trinajstić information content (AvgIpc) is 3.41. The summed E-state index contributed by atoms with van der Waals surface area (Å²) < 4.78 is 9.74. The lowest BCUT2D eigenvalue weighted by molar-refractivity contribution is 0.476. The first kappa shape index (κ1) is 15.1. The van der Waals surface area contributed by atoms with Crippen LogP contribution in [0.4, 0.5) is 0 Å². The molecule has 4 aromatic rings. The van der Waals surface area contributed by atoms with Gasteiger partial charge in [-0.2, -0.15) is 5.10 Å². The molecule has 0 amide bonds. The Morgan fingerprint density at radius 2 is 2.12 bits per heavy atom. The Bertz CT molecular complexity index is 1010. The summed E-state index contributed by atoms with van der Waals surface area (Å²) in [5, 5.41) is 8.06. The van der Waals surface area contributed by atoms with Crippen LogP contribution >= 0.6 is 0 Å². The largest absolute Gasteiger partial charge is 0.444 e. The SMILES string of the molecule is c1ccc(-c2nc(Cn3ccnc3-c3cc4n(n3)CCNC4)co2)cc1. The van der Waals surface area contributed by atoms with Crippen molar-refractivity contribution in [2.75, 3.05) is 6.54 Å². The lowest BCUT2D eigenvalue weighted by Crippen LogP contribution is -2.28. The number of fused-ring (bicyclic) bond motifs is 1. The van der Waals surface area contributed by atoms with Gasteiger partial charge in [0.05, 0.1) is 24.5 Å². The van der Waals surface area contributed by atoms with Gasteiger partial charge in [0.2, 0.25) is 5.89 Å². The first-order valence-electron chi connectivity index (χ1n) is 8.65. The fourth-order valence-electron chi connectivity index (χ4n) is 3.24. The van der Waals surface area contributed by atoms with Gasteiger partial charge in [-0.3, -0.25) is 4.68 Å². The minimum atomic E-state index is 0.589. The van der Waals surface area contributed by atoms with Crippen LogP contribution in [0.5, 0.6) is 0 Å². The van der Waals surface area contributed by atoms with Gasteiger partial charge in [-0.05, 0) is 18.2 Å². The van der Waals surface area contributed by atoms with E-state index in [1.807, 2.05) is 36.5 Å². The van der Waals surface area contributed by atoms with Crippen LogP contribution in [0.1, 0.15) is 11.4 Å². The molecule has 1 N–H and O–H groups in total. The van der Waals surface area contributed by atoms with E-state index in [4.69, 9.17) is 9.52 Å². The maximum atomic E-state index is 5.64. The Balaban J connectivity index is 1.42. The highest BCUT2D eigenvalue weighted by Crippen LogP contribution is 2.22. The molecule has 0 unspecified atom stereocenters. The van der Waals surface area contributed by atoms with Crippen LogP contribution in [0, 0.1) is 0 Å². The van der Waals surface area contributed by atoms with E-state index in [-0.39, 0.29) is 0 Å². The molecule has 0 aliphatic carbocycles. The maximum absolute atomic E-state index is 5.64. The lowest BCUT2D eigenvalue weighted by Gasteiger charge is -2.13. The van der Waals surface area contributed by atoms with Gasteiger partial charge in [0.25, 0.3) is 0 Å². The normalized spacial score (nSPS) is 13.7. The van der Waals surface area contributed by atoms with E-state index >= 15 is 0 Å². The molecule has 0 bridgehead atoms. The highest BCUT2D eigenvalue weighted by atomic mass is 16.3. The van der Waals surface area contributed by atoms with Gasteiger partial charge in [0.15, 0.2) is 5.82 Å². The number of benzene rings is 1. The van der Waals surface area contributed by atoms with Crippen molar-refractivity contribution in [1.29, 1.82) is 0 Å². The molecule has 0 saturated carbocycles. The second-order valence-corrected chi connectivity index (χ2v) is 6.31. The Morgan fingerprint density at radius 1 is 1.19 bits per heavy atom. The third kappa shape index (κ3) is 2.72. The van der Waals surface area contributed by atoms with Crippen molar-refractivity contribution in [2.45, 2.75) is 19.6 Å². The van der Waals surface area contributed by atoms with Gasteiger partial charge in [0, 0.05) is 31.0 Å². The molecule has 0 saturated heterocycles. The summed E-state index contributed by atoms with van der Waals surface area (Å²) in [5.74, 6) is 1.47. The third-order valence-corrected chi connectivity index (χ3v) is 4.52. The Kier molecular flexibility index (Phi) is 3.64. The van der Waals surface area contributed by atoms with Gasteiger partial charge < -0.3 is 14.3 Å². The van der Waals surface area contributed by atoms with Gasteiger partial charge in [-0.1, -0.05) is 18.2 Å². The summed E-state index contributed by atoms with van der Waals surface area (Å²) >= 11 is 0. The first-order valence-corrected chi connectivity index (χ1v) is 8.65. The van der Waals surface area contributed by atoms with Crippen LogP contribution in [0.15, 0.2) is 59.5 Å². The summed E-state index contributed by atoms with van der Waals surface area (Å²) in [6.45, 7) is 3.27. The Morgan fingerprint density at radius 3 is 3.00 bits per heavy atom. The van der Waals surface area contributed by atoms with Crippen LogP contribution in [-0.2, 0) is 19.6 Å². The topological polar surface area (TPSA) is 73.7 Å². The highest BCUT2D eigenvalue weighted by Gasteiger charge is 2.17. The van der Waals surface area contributed by atoms with E-state index in [2.05, 4.69) is 30.6 Å². The van der Waals surface area contributed by atoms with E-state index < -0.39 is 0 Å². The number of hydrogen-bond acceptors (Lipinski definition) is 5. The van der Waals surface area contributed by atoms with Gasteiger partial charge >= 0.3 is 0 Å². The Labute approximate surface area is 150 Å². The molecule has 26 heavy (non-hydrogen) atoms. The standard InChI is InChI=1S/C19H18N6O/c1-2-4-14(5-3-1)19-22-15(13-26-19)12-24-8-7-21-18(24)17-10-16-11-20-6-9-25(16)23-17/h1-5,7-8,10,13,20H,6,9,11-12H2. The first-order chi connectivity index (χ1) is 12.9. The van der Waals surface area contributed by atoms with Crippen molar-refractivity contribution < 1.29 is 4.42 Å². The van der Waals surface area contributed by atoms with Crippen LogP contribution in [0.2, 0.25) is 0 Å². The smallest absolute Gasteiger partial charge is 0.226 e. The molecule has 0 fully saturated rings. The summed E-state index contributed by atoms with van der Waals surface area (Å²) in [4.78, 5) is 9.10. The molecule has 7 heteroatoms. The second-order valence-electron chi connectivity index (χ2n) is 6.31. The monoisotopic (exact) mass is 346 g/mol. The summed E-state index contributed by atoms with van der Waals surface area (Å²) in [6.07, 6.45) is 5.45. The predicted molar refractivity (Wildman–Crippen MR) is 96.2 cm³/mol. The number of rotatable bonds is 4. The van der Waals surface area contributed by atoms with Crippen molar-refractivity contribution in [2.24, 2.45) is 0 Å². The van der Waals surface area contributed by atoms with E-state index in [1.165, 1.54) is 5.69 Å². The maximum Gasteiger partial charge on any atom is 0.226 e. The van der Waals surface area contributed by atoms with E-state index in [1.54, 1.807) is 12.5 Å². The molecule has 3 aromatic heterocycles. The molecule has 0 radical (unpaired) electrons. The van der Waals surface area contributed by atoms with E-state index in [0.29, 0.717) is 12.4 Å². The number of oxazole rings is 1. The van der Waals surface area contributed by atoms with Crippen LogP contribution in [0.25, 0.3) is 23.0 Å². The minimum absolute atomic E-state index is 0.589. The number of aromatic nitrogens is 5. The molecule has 1 aliphatic rings. The van der Waals surface area contributed by atoms with Gasteiger partial charge in [-0.15, -0.1) is 0 Å². The van der Waals surface area contributed by atoms with Gasteiger partial charge in [0.1, 0.15) is 12.0 Å². The van der Waals surface area contributed by atoms with Gasteiger partial charge in [-0.25, -0.2) is 9.97 Å². The molecular weight excluding hydrogens is 328 g/mol. The summed E-state index contributed by atoms with van der Waals surface area (Å²) in [7, 11) is 0. The number of hydrogen-bond donors (Lipinski definition) is 1. The zero-order valence-corrected chi connectivity index (χ0v) is 14.2. The molecule has 0 atom stereocenters. The molecule has 4 heterocycles. The van der Waals surface area contributed by atoms with Crippen LogP contribution in [-0.4, -0.2) is 30.9 Å². The molecular formula is C19H18N6O. The van der Waals surface area contributed by atoms with Crippen molar-refractivity contribution in [3.05, 3.63) is 66.4 Å². The molecule has 7 nitrogen and oxygen atoms in total. The zero-order chi connectivity index (χ0) is 17.3. The fraction of sp³-hybridized carbons (Fsp3) is 0.211. The quantitative estimate of drug-likeness (QED) is 0.615. The number of nitrogens with zero attached hydrogens (tertiary/aromatic N) is 5. The molecule has 5 rings (SSSR count). The van der Waals surface area contributed by atoms with E-state index in [0.717, 1.165) is 42.4 Å². The van der Waals surface area contributed by atoms with Crippen LogP contribution in [0.3, 0.4) is 0 Å².